The molecule has 0 aliphatic carbocycles. The lowest BCUT2D eigenvalue weighted by Gasteiger charge is -2.33. The molecule has 0 radical (unpaired) electrons. The summed E-state index contributed by atoms with van der Waals surface area (Å²) in [5.41, 5.74) is -1.03. The average molecular weight is 373 g/mol. The molecule has 8 heteroatoms. The fraction of sp³-hybridized carbons (Fsp3) is 0.556. The third-order valence-electron chi connectivity index (χ3n) is 4.29. The molecule has 1 aliphatic rings. The number of hydrogen-bond donors (Lipinski definition) is 2. The second kappa shape index (κ2) is 7.26. The molecule has 2 N–H and O–H groups in total. The van der Waals surface area contributed by atoms with Crippen LogP contribution < -0.4 is 5.32 Å². The van der Waals surface area contributed by atoms with Gasteiger partial charge in [0.15, 0.2) is 6.10 Å². The van der Waals surface area contributed by atoms with Crippen LogP contribution in [-0.4, -0.2) is 29.2 Å². The predicted molar refractivity (Wildman–Crippen MR) is 87.3 cm³/mol. The van der Waals surface area contributed by atoms with Gasteiger partial charge in [-0.25, -0.2) is 4.79 Å². The Balaban J connectivity index is 2.22. The number of carboxylic acids is 1. The standard InChI is InChI=1S/C18H22F3NO4/c1-17(2,3)14(10-5-4-6-11(9-10)18(19,20)21)22-15(23)12-7-8-13(26-12)16(24)25/h4-6,9,12-14H,7-8H2,1-3H3,(H,22,23)(H,24,25)/t12-,13+,14?/m0/s1. The van der Waals surface area contributed by atoms with E-state index in [4.69, 9.17) is 9.84 Å². The van der Waals surface area contributed by atoms with Gasteiger partial charge in [-0.3, -0.25) is 4.79 Å². The van der Waals surface area contributed by atoms with E-state index in [0.717, 1.165) is 12.1 Å². The number of alkyl halides is 3. The Hall–Kier alpha value is -2.09. The van der Waals surface area contributed by atoms with Crippen molar-refractivity contribution in [3.05, 3.63) is 35.4 Å². The van der Waals surface area contributed by atoms with Gasteiger partial charge in [-0.05, 0) is 36.0 Å². The van der Waals surface area contributed by atoms with Gasteiger partial charge in [-0.15, -0.1) is 0 Å². The number of carbonyl (C=O) groups excluding carboxylic acids is 1. The van der Waals surface area contributed by atoms with Crippen LogP contribution in [0.5, 0.6) is 0 Å². The Morgan fingerprint density at radius 3 is 2.31 bits per heavy atom. The number of carbonyl (C=O) groups is 2. The van der Waals surface area contributed by atoms with Gasteiger partial charge in [0.1, 0.15) is 6.10 Å². The zero-order valence-electron chi connectivity index (χ0n) is 14.8. The minimum atomic E-state index is -4.48. The lowest BCUT2D eigenvalue weighted by Crippen LogP contribution is -2.42. The molecule has 1 amide bonds. The molecule has 1 saturated heterocycles. The van der Waals surface area contributed by atoms with Crippen LogP contribution in [0.4, 0.5) is 13.2 Å². The molecule has 1 fully saturated rings. The van der Waals surface area contributed by atoms with Crippen LogP contribution in [-0.2, 0) is 20.5 Å². The molecule has 0 saturated carbocycles. The molecule has 144 valence electrons. The van der Waals surface area contributed by atoms with Crippen molar-refractivity contribution in [2.45, 2.75) is 58.0 Å². The first-order valence-electron chi connectivity index (χ1n) is 8.25. The first-order chi connectivity index (χ1) is 11.9. The number of ether oxygens (including phenoxy) is 1. The molecule has 0 spiro atoms. The molecule has 0 aromatic heterocycles. The van der Waals surface area contributed by atoms with Gasteiger partial charge in [-0.2, -0.15) is 13.2 Å². The molecular weight excluding hydrogens is 351 g/mol. The Kier molecular flexibility index (Phi) is 5.65. The summed E-state index contributed by atoms with van der Waals surface area (Å²) < 4.78 is 44.2. The summed E-state index contributed by atoms with van der Waals surface area (Å²) >= 11 is 0. The first kappa shape index (κ1) is 20.2. The monoisotopic (exact) mass is 373 g/mol. The molecule has 1 heterocycles. The van der Waals surface area contributed by atoms with E-state index in [1.165, 1.54) is 12.1 Å². The Morgan fingerprint density at radius 2 is 1.81 bits per heavy atom. The minimum Gasteiger partial charge on any atom is -0.479 e. The SMILES string of the molecule is CC(C)(C)C(NC(=O)[C@@H]1CC[C@H](C(=O)O)O1)c1cccc(C(F)(F)F)c1. The number of rotatable bonds is 4. The summed E-state index contributed by atoms with van der Waals surface area (Å²) in [5.74, 6) is -1.66. The van der Waals surface area contributed by atoms with E-state index >= 15 is 0 Å². The van der Waals surface area contributed by atoms with Gasteiger partial charge in [-0.1, -0.05) is 32.9 Å². The van der Waals surface area contributed by atoms with Gasteiger partial charge < -0.3 is 15.2 Å². The van der Waals surface area contributed by atoms with E-state index in [2.05, 4.69) is 5.32 Å². The summed E-state index contributed by atoms with van der Waals surface area (Å²) in [5, 5.41) is 11.7. The number of aliphatic carboxylic acids is 1. The second-order valence-corrected chi connectivity index (χ2v) is 7.46. The summed E-state index contributed by atoms with van der Waals surface area (Å²) in [7, 11) is 0. The smallest absolute Gasteiger partial charge is 0.416 e. The van der Waals surface area contributed by atoms with Crippen molar-refractivity contribution in [2.24, 2.45) is 5.41 Å². The Bertz CT molecular complexity index is 682. The van der Waals surface area contributed by atoms with Gasteiger partial charge in [0.05, 0.1) is 11.6 Å². The highest BCUT2D eigenvalue weighted by molar-refractivity contribution is 5.83. The number of benzene rings is 1. The van der Waals surface area contributed by atoms with Crippen LogP contribution >= 0.6 is 0 Å². The molecule has 0 bridgehead atoms. The van der Waals surface area contributed by atoms with E-state index in [1.807, 2.05) is 0 Å². The third kappa shape index (κ3) is 4.75. The predicted octanol–water partition coefficient (Wildman–Crippen LogP) is 3.54. The second-order valence-electron chi connectivity index (χ2n) is 7.46. The van der Waals surface area contributed by atoms with Gasteiger partial charge in [0.25, 0.3) is 0 Å². The number of amides is 1. The maximum absolute atomic E-state index is 13.0. The van der Waals surface area contributed by atoms with Crippen LogP contribution in [0.3, 0.4) is 0 Å². The molecule has 2 rings (SSSR count). The Morgan fingerprint density at radius 1 is 1.19 bits per heavy atom. The highest BCUT2D eigenvalue weighted by Crippen LogP contribution is 2.36. The van der Waals surface area contributed by atoms with Crippen LogP contribution in [0.1, 0.15) is 50.8 Å². The topological polar surface area (TPSA) is 75.6 Å². The van der Waals surface area contributed by atoms with Crippen LogP contribution in [0, 0.1) is 5.41 Å². The lowest BCUT2D eigenvalue weighted by atomic mass is 9.81. The molecule has 5 nitrogen and oxygen atoms in total. The number of carboxylic acid groups (broad SMARTS) is 1. The van der Waals surface area contributed by atoms with E-state index in [0.29, 0.717) is 5.56 Å². The minimum absolute atomic E-state index is 0.219. The molecule has 1 aliphatic heterocycles. The van der Waals surface area contributed by atoms with Crippen molar-refractivity contribution >= 4 is 11.9 Å². The van der Waals surface area contributed by atoms with Crippen molar-refractivity contribution in [2.75, 3.05) is 0 Å². The van der Waals surface area contributed by atoms with E-state index in [9.17, 15) is 22.8 Å². The first-order valence-corrected chi connectivity index (χ1v) is 8.25. The number of hydrogen-bond acceptors (Lipinski definition) is 3. The van der Waals surface area contributed by atoms with E-state index in [-0.39, 0.29) is 12.8 Å². The zero-order valence-corrected chi connectivity index (χ0v) is 14.8. The molecule has 3 atom stereocenters. The number of halogens is 3. The van der Waals surface area contributed by atoms with E-state index < -0.39 is 47.3 Å². The maximum atomic E-state index is 13.0. The largest absolute Gasteiger partial charge is 0.479 e. The van der Waals surface area contributed by atoms with Crippen LogP contribution in [0.2, 0.25) is 0 Å². The van der Waals surface area contributed by atoms with Crippen molar-refractivity contribution in [1.82, 2.24) is 5.32 Å². The highest BCUT2D eigenvalue weighted by Gasteiger charge is 2.38. The normalized spacial score (nSPS) is 22.1. The fourth-order valence-electron chi connectivity index (χ4n) is 2.94. The summed E-state index contributed by atoms with van der Waals surface area (Å²) in [6, 6.07) is 4.13. The van der Waals surface area contributed by atoms with Crippen LogP contribution in [0.25, 0.3) is 0 Å². The molecule has 26 heavy (non-hydrogen) atoms. The van der Waals surface area contributed by atoms with E-state index in [1.54, 1.807) is 20.8 Å². The van der Waals surface area contributed by atoms with Crippen molar-refractivity contribution in [3.8, 4) is 0 Å². The molecule has 1 aromatic rings. The summed E-state index contributed by atoms with van der Waals surface area (Å²) in [4.78, 5) is 23.4. The maximum Gasteiger partial charge on any atom is 0.416 e. The van der Waals surface area contributed by atoms with Gasteiger partial charge in [0, 0.05) is 0 Å². The quantitative estimate of drug-likeness (QED) is 0.847. The van der Waals surface area contributed by atoms with Crippen molar-refractivity contribution in [1.29, 1.82) is 0 Å². The lowest BCUT2D eigenvalue weighted by molar-refractivity contribution is -0.152. The van der Waals surface area contributed by atoms with Crippen LogP contribution in [0.15, 0.2) is 24.3 Å². The zero-order chi connectivity index (χ0) is 19.7. The van der Waals surface area contributed by atoms with Crippen molar-refractivity contribution < 1.29 is 32.6 Å². The molecular formula is C18H22F3NO4. The average Bonchev–Trinajstić information content (AvgIpc) is 3.01. The Labute approximate surface area is 149 Å². The fourth-order valence-corrected chi connectivity index (χ4v) is 2.94. The number of nitrogens with one attached hydrogen (secondary N) is 1. The molecule has 1 aromatic carbocycles. The van der Waals surface area contributed by atoms with Gasteiger partial charge in [0.2, 0.25) is 5.91 Å². The summed E-state index contributed by atoms with van der Waals surface area (Å²) in [6.45, 7) is 5.40. The highest BCUT2D eigenvalue weighted by atomic mass is 19.4. The van der Waals surface area contributed by atoms with Gasteiger partial charge >= 0.3 is 12.1 Å². The third-order valence-corrected chi connectivity index (χ3v) is 4.29. The molecule has 1 unspecified atom stereocenters. The summed E-state index contributed by atoms with van der Waals surface area (Å²) in [6.07, 6.45) is -5.97. The van der Waals surface area contributed by atoms with Crippen molar-refractivity contribution in [3.63, 3.8) is 0 Å².